The van der Waals surface area contributed by atoms with Gasteiger partial charge in [-0.2, -0.15) is 0 Å². The average molecular weight is 414 g/mol. The normalized spacial score (nSPS) is 22.6. The molecule has 2 aromatic rings. The molecule has 1 heterocycles. The van der Waals surface area contributed by atoms with E-state index in [4.69, 9.17) is 11.6 Å². The summed E-state index contributed by atoms with van der Waals surface area (Å²) in [6, 6.07) is 14.1. The molecule has 1 aliphatic rings. The molecule has 1 fully saturated rings. The van der Waals surface area contributed by atoms with Gasteiger partial charge in [0.15, 0.2) is 0 Å². The molecule has 1 N–H and O–H groups in total. The molecule has 1 saturated heterocycles. The van der Waals surface area contributed by atoms with Crippen molar-refractivity contribution in [3.05, 3.63) is 62.2 Å². The summed E-state index contributed by atoms with van der Waals surface area (Å²) in [6.07, 6.45) is 1.03. The summed E-state index contributed by atoms with van der Waals surface area (Å²) >= 11 is 8.52. The molecular weight excluding hydrogens is 397 g/mol. The number of benzene rings is 2. The number of rotatable bonds is 2. The lowest BCUT2D eigenvalue weighted by Gasteiger charge is -2.27. The van der Waals surface area contributed by atoms with Crippen molar-refractivity contribution in [3.63, 3.8) is 0 Å². The molecule has 1 aliphatic heterocycles. The standard InChI is InChI=1S/C17H17ClINO/c1-20-9-8-12(14-10-11(18)6-7-16(14)21)17(20)13-4-2-3-5-15(13)19/h2-7,10,12,17,21H,8-9H2,1H3/t12-,17+/m1/s1. The molecule has 4 heteroatoms. The topological polar surface area (TPSA) is 23.5 Å². The monoisotopic (exact) mass is 413 g/mol. The zero-order valence-electron chi connectivity index (χ0n) is 11.8. The van der Waals surface area contributed by atoms with Gasteiger partial charge in [0.2, 0.25) is 0 Å². The molecule has 3 rings (SSSR count). The lowest BCUT2D eigenvalue weighted by atomic mass is 9.87. The van der Waals surface area contributed by atoms with Crippen LogP contribution in [0.15, 0.2) is 42.5 Å². The number of phenolic OH excluding ortho intramolecular Hbond substituents is 1. The van der Waals surface area contributed by atoms with E-state index in [2.05, 4.69) is 58.8 Å². The molecule has 2 nitrogen and oxygen atoms in total. The van der Waals surface area contributed by atoms with E-state index in [0.717, 1.165) is 18.5 Å². The molecule has 0 aliphatic carbocycles. The van der Waals surface area contributed by atoms with Gasteiger partial charge in [-0.05, 0) is 72.4 Å². The maximum atomic E-state index is 10.2. The smallest absolute Gasteiger partial charge is 0.119 e. The van der Waals surface area contributed by atoms with Gasteiger partial charge in [0.1, 0.15) is 5.75 Å². The molecule has 0 bridgehead atoms. The van der Waals surface area contributed by atoms with E-state index in [1.165, 1.54) is 9.13 Å². The third-order valence-corrected chi connectivity index (χ3v) is 5.48. The molecule has 2 aromatic carbocycles. The predicted molar refractivity (Wildman–Crippen MR) is 95.0 cm³/mol. The van der Waals surface area contributed by atoms with Gasteiger partial charge in [0, 0.05) is 26.1 Å². The van der Waals surface area contributed by atoms with Crippen molar-refractivity contribution in [1.82, 2.24) is 4.90 Å². The van der Waals surface area contributed by atoms with E-state index in [-0.39, 0.29) is 12.0 Å². The third kappa shape index (κ3) is 2.91. The minimum absolute atomic E-state index is 0.268. The summed E-state index contributed by atoms with van der Waals surface area (Å²) in [5.41, 5.74) is 2.28. The number of halogens is 2. The Kier molecular flexibility index (Phi) is 4.43. The minimum atomic E-state index is 0.268. The van der Waals surface area contributed by atoms with Gasteiger partial charge in [0.25, 0.3) is 0 Å². The van der Waals surface area contributed by atoms with Crippen molar-refractivity contribution in [2.24, 2.45) is 0 Å². The summed E-state index contributed by atoms with van der Waals surface area (Å²) in [6.45, 7) is 1.02. The van der Waals surface area contributed by atoms with E-state index in [0.29, 0.717) is 10.8 Å². The van der Waals surface area contributed by atoms with Crippen LogP contribution in [0.3, 0.4) is 0 Å². The highest BCUT2D eigenvalue weighted by Gasteiger charge is 2.36. The van der Waals surface area contributed by atoms with Crippen molar-refractivity contribution in [1.29, 1.82) is 0 Å². The fourth-order valence-corrected chi connectivity index (χ4v) is 4.15. The van der Waals surface area contributed by atoms with Gasteiger partial charge >= 0.3 is 0 Å². The largest absolute Gasteiger partial charge is 0.508 e. The SMILES string of the molecule is CN1CC[C@H](c2cc(Cl)ccc2O)[C@H]1c1ccccc1I. The fraction of sp³-hybridized carbons (Fsp3) is 0.294. The first-order valence-electron chi connectivity index (χ1n) is 7.01. The van der Waals surface area contributed by atoms with Crippen molar-refractivity contribution in [3.8, 4) is 5.75 Å². The molecule has 21 heavy (non-hydrogen) atoms. The second kappa shape index (κ2) is 6.15. The lowest BCUT2D eigenvalue weighted by molar-refractivity contribution is 0.300. The molecule has 0 spiro atoms. The second-order valence-corrected chi connectivity index (χ2v) is 7.14. The average Bonchev–Trinajstić information content (AvgIpc) is 2.84. The molecule has 0 unspecified atom stereocenters. The van der Waals surface area contributed by atoms with Gasteiger partial charge in [-0.3, -0.25) is 4.90 Å². The number of likely N-dealkylation sites (tertiary alicyclic amines) is 1. The maximum Gasteiger partial charge on any atom is 0.119 e. The molecule has 110 valence electrons. The summed E-state index contributed by atoms with van der Waals surface area (Å²) < 4.78 is 1.26. The fourth-order valence-electron chi connectivity index (χ4n) is 3.26. The van der Waals surface area contributed by atoms with Crippen molar-refractivity contribution in [2.45, 2.75) is 18.4 Å². The summed E-state index contributed by atoms with van der Waals surface area (Å²) in [5, 5.41) is 10.9. The number of phenols is 1. The number of hydrogen-bond acceptors (Lipinski definition) is 2. The number of nitrogens with zero attached hydrogens (tertiary/aromatic N) is 1. The minimum Gasteiger partial charge on any atom is -0.508 e. The van der Waals surface area contributed by atoms with E-state index >= 15 is 0 Å². The van der Waals surface area contributed by atoms with Gasteiger partial charge in [-0.15, -0.1) is 0 Å². The number of hydrogen-bond donors (Lipinski definition) is 1. The van der Waals surface area contributed by atoms with Crippen LogP contribution in [0.1, 0.15) is 29.5 Å². The van der Waals surface area contributed by atoms with Crippen molar-refractivity contribution >= 4 is 34.2 Å². The van der Waals surface area contributed by atoms with Crippen LogP contribution in [0.2, 0.25) is 5.02 Å². The van der Waals surface area contributed by atoms with Gasteiger partial charge in [-0.25, -0.2) is 0 Å². The van der Waals surface area contributed by atoms with Crippen molar-refractivity contribution in [2.75, 3.05) is 13.6 Å². The molecule has 0 aromatic heterocycles. The van der Waals surface area contributed by atoms with Crippen LogP contribution >= 0.6 is 34.2 Å². The van der Waals surface area contributed by atoms with Crippen LogP contribution in [-0.4, -0.2) is 23.6 Å². The zero-order chi connectivity index (χ0) is 15.0. The first kappa shape index (κ1) is 15.1. The third-order valence-electron chi connectivity index (χ3n) is 4.26. The Bertz CT molecular complexity index is 661. The van der Waals surface area contributed by atoms with Crippen LogP contribution in [0.5, 0.6) is 5.75 Å². The van der Waals surface area contributed by atoms with Gasteiger partial charge in [-0.1, -0.05) is 29.8 Å². The number of likely N-dealkylation sites (N-methyl/N-ethyl adjacent to an activating group) is 1. The second-order valence-electron chi connectivity index (χ2n) is 5.55. The van der Waals surface area contributed by atoms with Crippen LogP contribution < -0.4 is 0 Å². The zero-order valence-corrected chi connectivity index (χ0v) is 14.7. The highest BCUT2D eigenvalue weighted by molar-refractivity contribution is 14.1. The molecule has 2 atom stereocenters. The Morgan fingerprint density at radius 1 is 1.19 bits per heavy atom. The summed E-state index contributed by atoms with van der Waals surface area (Å²) in [4.78, 5) is 2.36. The van der Waals surface area contributed by atoms with E-state index in [1.807, 2.05) is 6.07 Å². The van der Waals surface area contributed by atoms with E-state index < -0.39 is 0 Å². The Morgan fingerprint density at radius 2 is 1.95 bits per heavy atom. The van der Waals surface area contributed by atoms with Gasteiger partial charge < -0.3 is 5.11 Å². The molecule has 0 radical (unpaired) electrons. The first-order chi connectivity index (χ1) is 10.1. The summed E-state index contributed by atoms with van der Waals surface area (Å²) in [5.74, 6) is 0.611. The Hall–Kier alpha value is -0.780. The number of aromatic hydroxyl groups is 1. The molecule has 0 amide bonds. The van der Waals surface area contributed by atoms with E-state index in [1.54, 1.807) is 12.1 Å². The Morgan fingerprint density at radius 3 is 2.71 bits per heavy atom. The molecular formula is C17H17ClINO. The Balaban J connectivity index is 2.06. The predicted octanol–water partition coefficient (Wildman–Crippen LogP) is 4.81. The van der Waals surface area contributed by atoms with Crippen LogP contribution in [-0.2, 0) is 0 Å². The molecule has 0 saturated carbocycles. The quantitative estimate of drug-likeness (QED) is 0.714. The maximum absolute atomic E-state index is 10.2. The van der Waals surface area contributed by atoms with E-state index in [9.17, 15) is 5.11 Å². The summed E-state index contributed by atoms with van der Waals surface area (Å²) in [7, 11) is 2.15. The highest BCUT2D eigenvalue weighted by atomic mass is 127. The Labute approximate surface area is 143 Å². The van der Waals surface area contributed by atoms with Crippen LogP contribution in [0, 0.1) is 3.57 Å². The lowest BCUT2D eigenvalue weighted by Crippen LogP contribution is -2.21. The highest BCUT2D eigenvalue weighted by Crippen LogP contribution is 2.46. The van der Waals surface area contributed by atoms with Crippen molar-refractivity contribution < 1.29 is 5.11 Å². The van der Waals surface area contributed by atoms with Crippen LogP contribution in [0.4, 0.5) is 0 Å². The van der Waals surface area contributed by atoms with Crippen LogP contribution in [0.25, 0.3) is 0 Å². The first-order valence-corrected chi connectivity index (χ1v) is 8.46. The van der Waals surface area contributed by atoms with Gasteiger partial charge in [0.05, 0.1) is 0 Å².